The van der Waals surface area contributed by atoms with Crippen molar-refractivity contribution in [3.8, 4) is 0 Å². The molecule has 5 nitrogen and oxygen atoms in total. The second-order valence-corrected chi connectivity index (χ2v) is 25.1. The molecule has 2 fully saturated rings. The maximum absolute atomic E-state index is 9.95. The molecule has 2 saturated heterocycles. The van der Waals surface area contributed by atoms with Crippen LogP contribution in [0, 0.1) is 0 Å². The summed E-state index contributed by atoms with van der Waals surface area (Å²) in [6.07, 6.45) is 3.67. The monoisotopic (exact) mass is 640 g/mol. The Morgan fingerprint density at radius 1 is 0.841 bits per heavy atom. The highest BCUT2D eigenvalue weighted by Gasteiger charge is 2.67. The van der Waals surface area contributed by atoms with Gasteiger partial charge in [-0.1, -0.05) is 123 Å². The molecule has 0 aromatic heterocycles. The second kappa shape index (κ2) is 14.2. The number of aliphatic hydroxyl groups excluding tert-OH is 1. The van der Waals surface area contributed by atoms with Crippen molar-refractivity contribution in [2.24, 2.45) is 0 Å². The van der Waals surface area contributed by atoms with E-state index in [2.05, 4.69) is 123 Å². The van der Waals surface area contributed by atoms with Crippen LogP contribution >= 0.6 is 0 Å². The van der Waals surface area contributed by atoms with Gasteiger partial charge in [-0.3, -0.25) is 0 Å². The molecule has 0 saturated carbocycles. The predicted octanol–water partition coefficient (Wildman–Crippen LogP) is 7.95. The summed E-state index contributed by atoms with van der Waals surface area (Å²) in [6.45, 7) is 23.6. The van der Waals surface area contributed by atoms with Gasteiger partial charge in [-0.15, -0.1) is 0 Å². The molecule has 2 aromatic rings. The molecular weight excluding hydrogens is 581 g/mol. The van der Waals surface area contributed by atoms with Crippen LogP contribution in [0.1, 0.15) is 101 Å². The van der Waals surface area contributed by atoms with Crippen LogP contribution in [0.3, 0.4) is 0 Å². The minimum absolute atomic E-state index is 0.0123. The van der Waals surface area contributed by atoms with Crippen molar-refractivity contribution in [2.75, 3.05) is 6.61 Å². The highest BCUT2D eigenvalue weighted by Crippen LogP contribution is 2.54. The quantitative estimate of drug-likeness (QED) is 0.158. The molecule has 44 heavy (non-hydrogen) atoms. The summed E-state index contributed by atoms with van der Waals surface area (Å²) in [6, 6.07) is 21.7. The number of ether oxygens (including phenoxy) is 2. The highest BCUT2D eigenvalue weighted by molar-refractivity contribution is 6.99. The van der Waals surface area contributed by atoms with Crippen LogP contribution in [-0.2, 0) is 18.3 Å². The zero-order chi connectivity index (χ0) is 32.3. The summed E-state index contributed by atoms with van der Waals surface area (Å²) in [5.41, 5.74) is 1.52. The molecule has 0 amide bonds. The fourth-order valence-electron chi connectivity index (χ4n) is 8.31. The van der Waals surface area contributed by atoms with E-state index >= 15 is 0 Å². The molecule has 1 N–H and O–H groups in total. The van der Waals surface area contributed by atoms with E-state index in [1.54, 1.807) is 0 Å². The molecular formula is C37H60O5Si2. The Morgan fingerprint density at radius 2 is 1.36 bits per heavy atom. The van der Waals surface area contributed by atoms with Gasteiger partial charge in [0.25, 0.3) is 8.32 Å². The number of rotatable bonds is 15. The molecule has 5 atom stereocenters. The zero-order valence-corrected chi connectivity index (χ0v) is 31.1. The lowest BCUT2D eigenvalue weighted by Crippen LogP contribution is -2.66. The lowest BCUT2D eigenvalue weighted by atomic mass is 9.96. The first kappa shape index (κ1) is 35.5. The SMILES string of the molecule is CC(C)[Si](O[C@H]1C[C@@H](CCO[Si](c2ccccc2)(c2ccccc2)C(C)(C)C)O[C@]2(CCC[C@H](C)O)O[C@H]12)(C(C)C)C(C)C. The summed E-state index contributed by atoms with van der Waals surface area (Å²) >= 11 is 0. The van der Waals surface area contributed by atoms with Gasteiger partial charge >= 0.3 is 0 Å². The van der Waals surface area contributed by atoms with E-state index in [1.807, 2.05) is 6.92 Å². The Hall–Kier alpha value is -1.33. The van der Waals surface area contributed by atoms with Crippen LogP contribution in [0.25, 0.3) is 0 Å². The molecule has 0 radical (unpaired) electrons. The summed E-state index contributed by atoms with van der Waals surface area (Å²) in [7, 11) is -4.75. The standard InChI is InChI=1S/C37H60O5Si2/c1-27(2)43(28(3)4,29(5)6)42-34-26-31(40-37(35(34)41-37)24-17-18-30(7)38)23-25-39-44(36(8,9)10,32-19-13-11-14-20-32)33-21-15-12-16-22-33/h11-16,19-22,27-31,34-35,38H,17-18,23-26H2,1-10H3/t30-,31+,34-,35+,37+/m0/s1. The van der Waals surface area contributed by atoms with Gasteiger partial charge in [-0.25, -0.2) is 0 Å². The second-order valence-electron chi connectivity index (χ2n) is 15.3. The van der Waals surface area contributed by atoms with Gasteiger partial charge in [0.1, 0.15) is 6.10 Å². The van der Waals surface area contributed by atoms with E-state index in [4.69, 9.17) is 18.3 Å². The number of hydrogen-bond donors (Lipinski definition) is 1. The molecule has 0 unspecified atom stereocenters. The minimum Gasteiger partial charge on any atom is -0.410 e. The molecule has 0 bridgehead atoms. The van der Waals surface area contributed by atoms with Crippen LogP contribution in [0.2, 0.25) is 21.7 Å². The molecule has 4 rings (SSSR count). The zero-order valence-electron chi connectivity index (χ0n) is 29.1. The first-order valence-corrected chi connectivity index (χ1v) is 21.2. The molecule has 246 valence electrons. The summed E-state index contributed by atoms with van der Waals surface area (Å²) in [4.78, 5) is 0. The van der Waals surface area contributed by atoms with Crippen LogP contribution in [0.5, 0.6) is 0 Å². The molecule has 7 heteroatoms. The van der Waals surface area contributed by atoms with Crippen molar-refractivity contribution >= 4 is 27.0 Å². The van der Waals surface area contributed by atoms with E-state index in [0.717, 1.165) is 32.1 Å². The Kier molecular flexibility index (Phi) is 11.5. The molecule has 2 aliphatic heterocycles. The summed E-state index contributed by atoms with van der Waals surface area (Å²) in [5, 5.41) is 12.5. The van der Waals surface area contributed by atoms with Crippen molar-refractivity contribution in [1.82, 2.24) is 0 Å². The van der Waals surface area contributed by atoms with Crippen molar-refractivity contribution in [3.05, 3.63) is 60.7 Å². The van der Waals surface area contributed by atoms with E-state index in [1.165, 1.54) is 10.4 Å². The fraction of sp³-hybridized carbons (Fsp3) is 0.676. The Labute approximate surface area is 270 Å². The van der Waals surface area contributed by atoms with Crippen molar-refractivity contribution < 1.29 is 23.4 Å². The van der Waals surface area contributed by atoms with Gasteiger partial charge < -0.3 is 23.4 Å². The number of aliphatic hydroxyl groups is 1. The first-order chi connectivity index (χ1) is 20.7. The highest BCUT2D eigenvalue weighted by atomic mass is 28.4. The predicted molar refractivity (Wildman–Crippen MR) is 187 cm³/mol. The van der Waals surface area contributed by atoms with Gasteiger partial charge in [0.2, 0.25) is 8.32 Å². The number of fused-ring (bicyclic) bond motifs is 1. The average molecular weight is 641 g/mol. The number of benzene rings is 2. The maximum Gasteiger partial charge on any atom is 0.261 e. The van der Waals surface area contributed by atoms with Crippen molar-refractivity contribution in [2.45, 2.75) is 153 Å². The van der Waals surface area contributed by atoms with Crippen LogP contribution in [0.15, 0.2) is 60.7 Å². The largest absolute Gasteiger partial charge is 0.410 e. The van der Waals surface area contributed by atoms with Crippen LogP contribution in [-0.4, -0.2) is 58.6 Å². The smallest absolute Gasteiger partial charge is 0.261 e. The maximum atomic E-state index is 9.95. The van der Waals surface area contributed by atoms with Gasteiger partial charge in [0, 0.05) is 19.4 Å². The van der Waals surface area contributed by atoms with Crippen LogP contribution in [0.4, 0.5) is 0 Å². The third-order valence-corrected chi connectivity index (χ3v) is 21.5. The van der Waals surface area contributed by atoms with Gasteiger partial charge in [-0.2, -0.15) is 0 Å². The van der Waals surface area contributed by atoms with Crippen molar-refractivity contribution in [3.63, 3.8) is 0 Å². The lowest BCUT2D eigenvalue weighted by Gasteiger charge is -2.46. The topological polar surface area (TPSA) is 60.5 Å². The lowest BCUT2D eigenvalue weighted by molar-refractivity contribution is -0.125. The molecule has 0 aliphatic carbocycles. The van der Waals surface area contributed by atoms with Gasteiger partial charge in [-0.05, 0) is 58.2 Å². The third kappa shape index (κ3) is 7.14. The number of hydrogen-bond acceptors (Lipinski definition) is 5. The third-order valence-electron chi connectivity index (χ3n) is 10.3. The van der Waals surface area contributed by atoms with E-state index < -0.39 is 22.4 Å². The number of epoxide rings is 1. The minimum atomic E-state index is -2.63. The van der Waals surface area contributed by atoms with E-state index in [9.17, 15) is 5.11 Å². The molecule has 2 aromatic carbocycles. The normalized spacial score (nSPS) is 25.0. The molecule has 2 aliphatic rings. The van der Waals surface area contributed by atoms with Crippen molar-refractivity contribution in [1.29, 1.82) is 0 Å². The first-order valence-electron chi connectivity index (χ1n) is 17.2. The van der Waals surface area contributed by atoms with Crippen LogP contribution < -0.4 is 10.4 Å². The molecule has 2 heterocycles. The summed E-state index contributed by atoms with van der Waals surface area (Å²) in [5.74, 6) is -0.606. The van der Waals surface area contributed by atoms with Gasteiger partial charge in [0.15, 0.2) is 5.79 Å². The Balaban J connectivity index is 1.60. The summed E-state index contributed by atoms with van der Waals surface area (Å²) < 4.78 is 28.0. The Bertz CT molecular complexity index is 1100. The van der Waals surface area contributed by atoms with E-state index in [0.29, 0.717) is 23.2 Å². The molecule has 0 spiro atoms. The fourth-order valence-corrected chi connectivity index (χ4v) is 18.5. The average Bonchev–Trinajstić information content (AvgIpc) is 3.68. The van der Waals surface area contributed by atoms with Gasteiger partial charge in [0.05, 0.1) is 18.3 Å². The Morgan fingerprint density at radius 3 is 1.82 bits per heavy atom. The van der Waals surface area contributed by atoms with E-state index in [-0.39, 0.29) is 29.5 Å².